The first-order chi connectivity index (χ1) is 15.0. The van der Waals surface area contributed by atoms with Crippen molar-refractivity contribution in [2.24, 2.45) is 12.0 Å². The second-order valence-corrected chi connectivity index (χ2v) is 7.18. The van der Waals surface area contributed by atoms with Gasteiger partial charge in [0.1, 0.15) is 17.3 Å². The second-order valence-electron chi connectivity index (χ2n) is 7.18. The minimum absolute atomic E-state index is 0.511. The molecule has 0 aliphatic heterocycles. The first-order valence-corrected chi connectivity index (χ1v) is 10.5. The molecule has 0 atom stereocenters. The Balaban J connectivity index is 1.74. The number of benzene rings is 1. The smallest absolute Gasteiger partial charge is 0.192 e. The summed E-state index contributed by atoms with van der Waals surface area (Å²) in [5, 5.41) is 19.3. The highest BCUT2D eigenvalue weighted by Crippen LogP contribution is 2.16. The van der Waals surface area contributed by atoms with Crippen LogP contribution in [0.4, 0.5) is 0 Å². The van der Waals surface area contributed by atoms with E-state index in [1.165, 1.54) is 0 Å². The molecule has 0 saturated carbocycles. The van der Waals surface area contributed by atoms with E-state index in [0.29, 0.717) is 25.6 Å². The Bertz CT molecular complexity index is 984. The normalized spacial score (nSPS) is 11.6. The van der Waals surface area contributed by atoms with Crippen molar-refractivity contribution in [1.82, 2.24) is 30.6 Å². The van der Waals surface area contributed by atoms with Crippen LogP contribution in [0.3, 0.4) is 0 Å². The molecule has 3 rings (SSSR count). The fourth-order valence-electron chi connectivity index (χ4n) is 3.15. The maximum atomic E-state index is 5.48. The molecule has 0 radical (unpaired) electrons. The molecule has 0 aliphatic rings. The number of ether oxygens (including phenoxy) is 1. The van der Waals surface area contributed by atoms with Gasteiger partial charge in [-0.3, -0.25) is 0 Å². The van der Waals surface area contributed by atoms with Crippen molar-refractivity contribution in [2.75, 3.05) is 7.11 Å². The van der Waals surface area contributed by atoms with E-state index in [1.807, 2.05) is 42.8 Å². The topological polar surface area (TPSA) is 102 Å². The average Bonchev–Trinajstić information content (AvgIpc) is 3.35. The van der Waals surface area contributed by atoms with Crippen LogP contribution >= 0.6 is 0 Å². The molecule has 3 aromatic rings. The molecule has 1 aromatic carbocycles. The van der Waals surface area contributed by atoms with Crippen LogP contribution in [0.2, 0.25) is 0 Å². The maximum absolute atomic E-state index is 5.48. The number of nitrogens with one attached hydrogen (secondary N) is 2. The standard InChI is InChI=1S/C22H31N7O2/c1-6-19-18(20(7-2)31-28-19)13-24-22(25-14-21-27-26-15(3)29(21)4)23-12-16-8-10-17(30-5)11-9-16/h8-11H,6-7,12-14H2,1-5H3,(H2,23,24,25). The summed E-state index contributed by atoms with van der Waals surface area (Å²) in [4.78, 5) is 4.76. The Kier molecular flexibility index (Phi) is 7.64. The molecule has 9 heteroatoms. The van der Waals surface area contributed by atoms with Gasteiger partial charge in [0.15, 0.2) is 11.8 Å². The zero-order valence-corrected chi connectivity index (χ0v) is 18.9. The third kappa shape index (κ3) is 5.62. The highest BCUT2D eigenvalue weighted by atomic mass is 16.5. The van der Waals surface area contributed by atoms with Crippen molar-refractivity contribution in [1.29, 1.82) is 0 Å². The van der Waals surface area contributed by atoms with Gasteiger partial charge in [0.05, 0.1) is 25.9 Å². The van der Waals surface area contributed by atoms with Gasteiger partial charge >= 0.3 is 0 Å². The Morgan fingerprint density at radius 1 is 1.10 bits per heavy atom. The van der Waals surface area contributed by atoms with Gasteiger partial charge in [0, 0.05) is 25.6 Å². The van der Waals surface area contributed by atoms with E-state index in [-0.39, 0.29) is 0 Å². The number of aromatic nitrogens is 4. The van der Waals surface area contributed by atoms with E-state index >= 15 is 0 Å². The summed E-state index contributed by atoms with van der Waals surface area (Å²) in [6.07, 6.45) is 1.62. The molecule has 0 aliphatic carbocycles. The molecule has 31 heavy (non-hydrogen) atoms. The first-order valence-electron chi connectivity index (χ1n) is 10.5. The second kappa shape index (κ2) is 10.6. The predicted octanol–water partition coefficient (Wildman–Crippen LogP) is 2.68. The summed E-state index contributed by atoms with van der Waals surface area (Å²) >= 11 is 0. The third-order valence-corrected chi connectivity index (χ3v) is 5.22. The Morgan fingerprint density at radius 3 is 2.45 bits per heavy atom. The highest BCUT2D eigenvalue weighted by Gasteiger charge is 2.14. The third-order valence-electron chi connectivity index (χ3n) is 5.22. The molecule has 0 spiro atoms. The molecule has 2 heterocycles. The van der Waals surface area contributed by atoms with E-state index < -0.39 is 0 Å². The quantitative estimate of drug-likeness (QED) is 0.401. The van der Waals surface area contributed by atoms with Gasteiger partial charge in [0.2, 0.25) is 0 Å². The molecule has 0 bridgehead atoms. The molecular weight excluding hydrogens is 394 g/mol. The van der Waals surface area contributed by atoms with Crippen LogP contribution in [0, 0.1) is 6.92 Å². The molecule has 0 saturated heterocycles. The maximum Gasteiger partial charge on any atom is 0.192 e. The largest absolute Gasteiger partial charge is 0.497 e. The van der Waals surface area contributed by atoms with Crippen molar-refractivity contribution >= 4 is 5.96 Å². The Labute approximate surface area is 182 Å². The summed E-state index contributed by atoms with van der Waals surface area (Å²) in [6, 6.07) is 7.89. The van der Waals surface area contributed by atoms with Crippen molar-refractivity contribution in [2.45, 2.75) is 53.2 Å². The van der Waals surface area contributed by atoms with Crippen molar-refractivity contribution in [3.8, 4) is 5.75 Å². The van der Waals surface area contributed by atoms with Crippen molar-refractivity contribution in [3.63, 3.8) is 0 Å². The monoisotopic (exact) mass is 425 g/mol. The van der Waals surface area contributed by atoms with E-state index in [0.717, 1.165) is 52.8 Å². The molecule has 2 N–H and O–H groups in total. The lowest BCUT2D eigenvalue weighted by atomic mass is 10.1. The number of nitrogens with zero attached hydrogens (tertiary/aromatic N) is 5. The SMILES string of the molecule is CCc1noc(CC)c1CNC(=NCc1ccc(OC)cc1)NCc1nnc(C)n1C. The average molecular weight is 426 g/mol. The molecule has 2 aromatic heterocycles. The summed E-state index contributed by atoms with van der Waals surface area (Å²) in [5.41, 5.74) is 3.16. The van der Waals surface area contributed by atoms with Crippen molar-refractivity contribution in [3.05, 3.63) is 58.5 Å². The van der Waals surface area contributed by atoms with E-state index in [2.05, 4.69) is 39.8 Å². The molecule has 166 valence electrons. The number of guanidine groups is 1. The first kappa shape index (κ1) is 22.3. The summed E-state index contributed by atoms with van der Waals surface area (Å²) in [5.74, 6) is 4.12. The number of aliphatic imine (C=N–C) groups is 1. The van der Waals surface area contributed by atoms with Crippen LogP contribution in [0.1, 0.15) is 48.1 Å². The van der Waals surface area contributed by atoms with Crippen LogP contribution in [-0.2, 0) is 39.5 Å². The lowest BCUT2D eigenvalue weighted by molar-refractivity contribution is 0.380. The molecule has 0 amide bonds. The number of aryl methyl sites for hydroxylation is 3. The minimum atomic E-state index is 0.511. The number of hydrogen-bond acceptors (Lipinski definition) is 6. The van der Waals surface area contributed by atoms with Gasteiger partial charge in [0.25, 0.3) is 0 Å². The zero-order chi connectivity index (χ0) is 22.2. The summed E-state index contributed by atoms with van der Waals surface area (Å²) < 4.78 is 12.7. The van der Waals surface area contributed by atoms with E-state index in [1.54, 1.807) is 7.11 Å². The Morgan fingerprint density at radius 2 is 1.84 bits per heavy atom. The van der Waals surface area contributed by atoms with Gasteiger partial charge < -0.3 is 24.5 Å². The van der Waals surface area contributed by atoms with E-state index in [4.69, 9.17) is 14.3 Å². The lowest BCUT2D eigenvalue weighted by Crippen LogP contribution is -2.37. The van der Waals surface area contributed by atoms with Gasteiger partial charge in [-0.05, 0) is 31.0 Å². The molecular formula is C22H31N7O2. The minimum Gasteiger partial charge on any atom is -0.497 e. The summed E-state index contributed by atoms with van der Waals surface area (Å²) in [6.45, 7) is 7.70. The van der Waals surface area contributed by atoms with Gasteiger partial charge in [-0.25, -0.2) is 4.99 Å². The predicted molar refractivity (Wildman–Crippen MR) is 119 cm³/mol. The molecule has 0 fully saturated rings. The Hall–Kier alpha value is -3.36. The summed E-state index contributed by atoms with van der Waals surface area (Å²) in [7, 11) is 3.61. The lowest BCUT2D eigenvalue weighted by Gasteiger charge is -2.13. The number of methoxy groups -OCH3 is 1. The van der Waals surface area contributed by atoms with Crippen LogP contribution in [-0.4, -0.2) is 33.0 Å². The number of hydrogen-bond donors (Lipinski definition) is 2. The van der Waals surface area contributed by atoms with E-state index in [9.17, 15) is 0 Å². The van der Waals surface area contributed by atoms with Gasteiger partial charge in [-0.15, -0.1) is 10.2 Å². The van der Waals surface area contributed by atoms with Gasteiger partial charge in [-0.1, -0.05) is 31.1 Å². The highest BCUT2D eigenvalue weighted by molar-refractivity contribution is 5.79. The van der Waals surface area contributed by atoms with Crippen LogP contribution in [0.5, 0.6) is 5.75 Å². The van der Waals surface area contributed by atoms with Gasteiger partial charge in [-0.2, -0.15) is 0 Å². The van der Waals surface area contributed by atoms with Crippen LogP contribution < -0.4 is 15.4 Å². The molecule has 0 unspecified atom stereocenters. The fraction of sp³-hybridized carbons (Fsp3) is 0.455. The van der Waals surface area contributed by atoms with Crippen molar-refractivity contribution < 1.29 is 9.26 Å². The number of rotatable bonds is 9. The zero-order valence-electron chi connectivity index (χ0n) is 18.9. The fourth-order valence-corrected chi connectivity index (χ4v) is 3.15. The van der Waals surface area contributed by atoms with Crippen LogP contribution in [0.15, 0.2) is 33.8 Å². The molecule has 9 nitrogen and oxygen atoms in total. The van der Waals surface area contributed by atoms with Crippen LogP contribution in [0.25, 0.3) is 0 Å².